The van der Waals surface area contributed by atoms with E-state index in [0.29, 0.717) is 6.54 Å². The molecule has 1 aromatic rings. The molecular formula is C15H24N2OS. The molecule has 1 amide bonds. The molecular weight excluding hydrogens is 256 g/mol. The van der Waals surface area contributed by atoms with E-state index >= 15 is 0 Å². The number of hydrogen-bond acceptors (Lipinski definition) is 3. The Hall–Kier alpha value is -0.870. The van der Waals surface area contributed by atoms with Crippen molar-refractivity contribution in [3.05, 3.63) is 21.4 Å². The number of rotatable bonds is 4. The molecule has 19 heavy (non-hydrogen) atoms. The van der Waals surface area contributed by atoms with E-state index in [1.54, 1.807) is 11.3 Å². The molecule has 2 rings (SSSR count). The maximum atomic E-state index is 12.5. The third-order valence-electron chi connectivity index (χ3n) is 3.71. The number of thiophene rings is 1. The summed E-state index contributed by atoms with van der Waals surface area (Å²) in [5.41, 5.74) is 7.30. The molecule has 0 aromatic carbocycles. The fourth-order valence-corrected chi connectivity index (χ4v) is 3.98. The number of aryl methyl sites for hydroxylation is 2. The van der Waals surface area contributed by atoms with E-state index in [1.165, 1.54) is 10.4 Å². The summed E-state index contributed by atoms with van der Waals surface area (Å²) < 4.78 is 0. The van der Waals surface area contributed by atoms with Crippen LogP contribution in [0.5, 0.6) is 0 Å². The third kappa shape index (κ3) is 3.37. The SMILES string of the molecule is CCCc1sc(C(=O)N2CCCC(N)C2)cc1CC. The van der Waals surface area contributed by atoms with Crippen LogP contribution >= 0.6 is 11.3 Å². The highest BCUT2D eigenvalue weighted by Gasteiger charge is 2.24. The Kier molecular flexibility index (Phi) is 4.99. The largest absolute Gasteiger partial charge is 0.336 e. The van der Waals surface area contributed by atoms with E-state index in [-0.39, 0.29) is 11.9 Å². The minimum absolute atomic E-state index is 0.151. The van der Waals surface area contributed by atoms with E-state index in [9.17, 15) is 4.79 Å². The first-order valence-corrected chi connectivity index (χ1v) is 8.13. The highest BCUT2D eigenvalue weighted by atomic mass is 32.1. The molecule has 0 aliphatic carbocycles. The van der Waals surface area contributed by atoms with Crippen LogP contribution in [0.3, 0.4) is 0 Å². The van der Waals surface area contributed by atoms with E-state index in [0.717, 1.165) is 43.5 Å². The number of hydrogen-bond donors (Lipinski definition) is 1. The molecule has 2 heterocycles. The Morgan fingerprint density at radius 2 is 2.32 bits per heavy atom. The highest BCUT2D eigenvalue weighted by Crippen LogP contribution is 2.26. The van der Waals surface area contributed by atoms with Crippen LogP contribution in [0.1, 0.15) is 53.2 Å². The zero-order chi connectivity index (χ0) is 13.8. The predicted molar refractivity (Wildman–Crippen MR) is 80.8 cm³/mol. The maximum Gasteiger partial charge on any atom is 0.263 e. The van der Waals surface area contributed by atoms with Gasteiger partial charge in [0.2, 0.25) is 0 Å². The molecule has 3 nitrogen and oxygen atoms in total. The standard InChI is InChI=1S/C15H24N2OS/c1-3-6-13-11(4-2)9-14(19-13)15(18)17-8-5-7-12(16)10-17/h9,12H,3-8,10,16H2,1-2H3. The Morgan fingerprint density at radius 1 is 1.53 bits per heavy atom. The van der Waals surface area contributed by atoms with Crippen molar-refractivity contribution in [3.63, 3.8) is 0 Å². The molecule has 0 spiro atoms. The number of likely N-dealkylation sites (tertiary alicyclic amines) is 1. The Balaban J connectivity index is 2.14. The zero-order valence-corrected chi connectivity index (χ0v) is 12.8. The fraction of sp³-hybridized carbons (Fsp3) is 0.667. The van der Waals surface area contributed by atoms with Crippen LogP contribution in [0, 0.1) is 0 Å². The van der Waals surface area contributed by atoms with Crippen LogP contribution in [-0.2, 0) is 12.8 Å². The summed E-state index contributed by atoms with van der Waals surface area (Å²) in [6.07, 6.45) is 5.30. The van der Waals surface area contributed by atoms with Crippen LogP contribution in [0.4, 0.5) is 0 Å². The minimum atomic E-state index is 0.151. The summed E-state index contributed by atoms with van der Waals surface area (Å²) in [6, 6.07) is 2.25. The van der Waals surface area contributed by atoms with Crippen molar-refractivity contribution in [1.82, 2.24) is 4.90 Å². The first-order chi connectivity index (χ1) is 9.15. The van der Waals surface area contributed by atoms with Gasteiger partial charge in [-0.15, -0.1) is 11.3 Å². The van der Waals surface area contributed by atoms with Crippen molar-refractivity contribution < 1.29 is 4.79 Å². The number of piperidine rings is 1. The molecule has 1 fully saturated rings. The van der Waals surface area contributed by atoms with Crippen LogP contribution in [-0.4, -0.2) is 29.9 Å². The van der Waals surface area contributed by atoms with Gasteiger partial charge < -0.3 is 10.6 Å². The minimum Gasteiger partial charge on any atom is -0.336 e. The molecule has 0 saturated carbocycles. The van der Waals surface area contributed by atoms with Gasteiger partial charge in [0.15, 0.2) is 0 Å². The average Bonchev–Trinajstić information content (AvgIpc) is 2.81. The number of carbonyl (C=O) groups excluding carboxylic acids is 1. The second-order valence-electron chi connectivity index (χ2n) is 5.32. The number of nitrogens with two attached hydrogens (primary N) is 1. The lowest BCUT2D eigenvalue weighted by atomic mass is 10.1. The summed E-state index contributed by atoms with van der Waals surface area (Å²) in [5.74, 6) is 0.178. The zero-order valence-electron chi connectivity index (χ0n) is 11.9. The van der Waals surface area contributed by atoms with Gasteiger partial charge in [0.1, 0.15) is 0 Å². The summed E-state index contributed by atoms with van der Waals surface area (Å²) in [4.78, 5) is 16.7. The second-order valence-corrected chi connectivity index (χ2v) is 6.45. The van der Waals surface area contributed by atoms with Crippen molar-refractivity contribution in [1.29, 1.82) is 0 Å². The predicted octanol–water partition coefficient (Wildman–Crippen LogP) is 2.83. The lowest BCUT2D eigenvalue weighted by Crippen LogP contribution is -2.45. The Labute approximate surface area is 119 Å². The Bertz CT molecular complexity index is 441. The highest BCUT2D eigenvalue weighted by molar-refractivity contribution is 7.14. The first kappa shape index (κ1) is 14.5. The molecule has 1 aliphatic heterocycles. The van der Waals surface area contributed by atoms with Gasteiger partial charge in [-0.25, -0.2) is 0 Å². The normalized spacial score (nSPS) is 19.7. The second kappa shape index (κ2) is 6.53. The van der Waals surface area contributed by atoms with Crippen molar-refractivity contribution in [2.75, 3.05) is 13.1 Å². The van der Waals surface area contributed by atoms with Gasteiger partial charge in [0, 0.05) is 24.0 Å². The fourth-order valence-electron chi connectivity index (χ4n) is 2.66. The third-order valence-corrected chi connectivity index (χ3v) is 4.94. The lowest BCUT2D eigenvalue weighted by Gasteiger charge is -2.30. The van der Waals surface area contributed by atoms with E-state index < -0.39 is 0 Å². The first-order valence-electron chi connectivity index (χ1n) is 7.32. The van der Waals surface area contributed by atoms with Gasteiger partial charge in [-0.2, -0.15) is 0 Å². The average molecular weight is 280 g/mol. The summed E-state index contributed by atoms with van der Waals surface area (Å²) >= 11 is 1.68. The van der Waals surface area contributed by atoms with Gasteiger partial charge in [0.25, 0.3) is 5.91 Å². The van der Waals surface area contributed by atoms with Crippen molar-refractivity contribution >= 4 is 17.2 Å². The van der Waals surface area contributed by atoms with Crippen molar-refractivity contribution in [3.8, 4) is 0 Å². The molecule has 1 atom stereocenters. The number of amides is 1. The van der Waals surface area contributed by atoms with Gasteiger partial charge in [0.05, 0.1) is 4.88 Å². The molecule has 1 saturated heterocycles. The summed E-state index contributed by atoms with van der Waals surface area (Å²) in [6.45, 7) is 5.91. The molecule has 1 aliphatic rings. The van der Waals surface area contributed by atoms with E-state index in [2.05, 4.69) is 19.9 Å². The van der Waals surface area contributed by atoms with Crippen LogP contribution < -0.4 is 5.73 Å². The molecule has 106 valence electrons. The van der Waals surface area contributed by atoms with Gasteiger partial charge in [-0.1, -0.05) is 20.3 Å². The van der Waals surface area contributed by atoms with Gasteiger partial charge in [-0.3, -0.25) is 4.79 Å². The van der Waals surface area contributed by atoms with E-state index in [4.69, 9.17) is 5.73 Å². The number of nitrogens with zero attached hydrogens (tertiary/aromatic N) is 1. The molecule has 0 radical (unpaired) electrons. The smallest absolute Gasteiger partial charge is 0.263 e. The van der Waals surface area contributed by atoms with Crippen LogP contribution in [0.2, 0.25) is 0 Å². The summed E-state index contributed by atoms with van der Waals surface area (Å²) in [7, 11) is 0. The molecule has 4 heteroatoms. The van der Waals surface area contributed by atoms with Gasteiger partial charge in [-0.05, 0) is 37.3 Å². The lowest BCUT2D eigenvalue weighted by molar-refractivity contribution is 0.0713. The van der Waals surface area contributed by atoms with Crippen molar-refractivity contribution in [2.24, 2.45) is 5.73 Å². The molecule has 1 unspecified atom stereocenters. The number of carbonyl (C=O) groups is 1. The Morgan fingerprint density at radius 3 is 2.95 bits per heavy atom. The molecule has 2 N–H and O–H groups in total. The quantitative estimate of drug-likeness (QED) is 0.922. The topological polar surface area (TPSA) is 46.3 Å². The van der Waals surface area contributed by atoms with Crippen molar-refractivity contribution in [2.45, 2.75) is 52.0 Å². The van der Waals surface area contributed by atoms with E-state index in [1.807, 2.05) is 4.90 Å². The maximum absolute atomic E-state index is 12.5. The van der Waals surface area contributed by atoms with Gasteiger partial charge >= 0.3 is 0 Å². The summed E-state index contributed by atoms with van der Waals surface area (Å²) in [5, 5.41) is 0. The molecule has 1 aromatic heterocycles. The van der Waals surface area contributed by atoms with Crippen LogP contribution in [0.25, 0.3) is 0 Å². The molecule has 0 bridgehead atoms. The monoisotopic (exact) mass is 280 g/mol. The van der Waals surface area contributed by atoms with Crippen LogP contribution in [0.15, 0.2) is 6.07 Å².